The van der Waals surface area contributed by atoms with Crippen molar-refractivity contribution in [2.45, 2.75) is 62.6 Å². The maximum atomic E-state index is 12.5. The molecule has 11 heteroatoms. The standard InChI is InChI=1S/C31H36N8O3/c1-3-27(40)39-16-15-38(18-20(39)10-13-32)28-23-9-12-31(11-8-22-24-17-33-36-26(24)7-6-25(22)31)42-29(23)35-30(34-28)41-19-21-5-4-14-37(21)2/h3,6-7,17,20-21H,1,4-5,8-12,14-16,18-19H2,2H3,(H,33,36)/t20-,21-,31?/m0/s1. The summed E-state index contributed by atoms with van der Waals surface area (Å²) < 4.78 is 13.2. The van der Waals surface area contributed by atoms with Gasteiger partial charge in [0.05, 0.1) is 35.8 Å². The van der Waals surface area contributed by atoms with Crippen LogP contribution in [0.5, 0.6) is 11.9 Å². The van der Waals surface area contributed by atoms with E-state index in [2.05, 4.69) is 51.8 Å². The summed E-state index contributed by atoms with van der Waals surface area (Å²) in [6, 6.07) is 6.89. The molecule has 1 N–H and O–H groups in total. The second-order valence-corrected chi connectivity index (χ2v) is 11.9. The Hall–Kier alpha value is -4.17. The summed E-state index contributed by atoms with van der Waals surface area (Å²) >= 11 is 0. The van der Waals surface area contributed by atoms with Crippen molar-refractivity contribution in [1.29, 1.82) is 5.26 Å². The smallest absolute Gasteiger partial charge is 0.321 e. The van der Waals surface area contributed by atoms with Crippen molar-refractivity contribution in [1.82, 2.24) is 30.0 Å². The molecular formula is C31H36N8O3. The number of hydrogen-bond donors (Lipinski definition) is 1. The van der Waals surface area contributed by atoms with Crippen LogP contribution in [0.4, 0.5) is 5.82 Å². The van der Waals surface area contributed by atoms with Gasteiger partial charge in [-0.15, -0.1) is 0 Å². The molecule has 1 amide bonds. The highest BCUT2D eigenvalue weighted by Gasteiger charge is 2.46. The van der Waals surface area contributed by atoms with Crippen LogP contribution in [0.2, 0.25) is 0 Å². The van der Waals surface area contributed by atoms with Gasteiger partial charge in [0, 0.05) is 31.1 Å². The predicted octanol–water partition coefficient (Wildman–Crippen LogP) is 3.11. The lowest BCUT2D eigenvalue weighted by molar-refractivity contribution is -0.128. The lowest BCUT2D eigenvalue weighted by Gasteiger charge is -2.42. The number of carbonyl (C=O) groups is 1. The largest absolute Gasteiger partial charge is 0.466 e. The maximum absolute atomic E-state index is 12.5. The number of likely N-dealkylation sites (N-methyl/N-ethyl adjacent to an activating group) is 1. The Morgan fingerprint density at radius 1 is 1.24 bits per heavy atom. The number of amides is 1. The Morgan fingerprint density at radius 2 is 2.10 bits per heavy atom. The maximum Gasteiger partial charge on any atom is 0.321 e. The zero-order valence-electron chi connectivity index (χ0n) is 24.0. The molecule has 2 aromatic heterocycles. The second kappa shape index (κ2) is 10.6. The molecule has 0 radical (unpaired) electrons. The molecule has 218 valence electrons. The number of likely N-dealkylation sites (tertiary alicyclic amines) is 1. The van der Waals surface area contributed by atoms with Gasteiger partial charge in [-0.2, -0.15) is 20.3 Å². The molecule has 4 aliphatic rings. The van der Waals surface area contributed by atoms with Crippen LogP contribution < -0.4 is 14.4 Å². The molecule has 1 unspecified atom stereocenters. The van der Waals surface area contributed by atoms with Crippen molar-refractivity contribution in [3.63, 3.8) is 0 Å². The fourth-order valence-electron chi connectivity index (χ4n) is 7.32. The summed E-state index contributed by atoms with van der Waals surface area (Å²) in [5, 5.41) is 18.0. The van der Waals surface area contributed by atoms with E-state index < -0.39 is 5.60 Å². The van der Waals surface area contributed by atoms with Crippen molar-refractivity contribution < 1.29 is 14.3 Å². The van der Waals surface area contributed by atoms with Crippen molar-refractivity contribution in [3.8, 4) is 18.0 Å². The monoisotopic (exact) mass is 568 g/mol. The summed E-state index contributed by atoms with van der Waals surface area (Å²) in [4.78, 5) is 28.6. The second-order valence-electron chi connectivity index (χ2n) is 11.9. The van der Waals surface area contributed by atoms with Gasteiger partial charge in [0.15, 0.2) is 0 Å². The molecule has 2 fully saturated rings. The van der Waals surface area contributed by atoms with Crippen LogP contribution in [0.25, 0.3) is 10.9 Å². The highest BCUT2D eigenvalue weighted by Crippen LogP contribution is 2.50. The van der Waals surface area contributed by atoms with E-state index in [0.717, 1.165) is 67.4 Å². The topological polar surface area (TPSA) is 124 Å². The number of nitrogens with zero attached hydrogens (tertiary/aromatic N) is 7. The van der Waals surface area contributed by atoms with Gasteiger partial charge in [0.2, 0.25) is 11.8 Å². The fraction of sp³-hybridized carbons (Fsp3) is 0.516. The van der Waals surface area contributed by atoms with Gasteiger partial charge in [-0.25, -0.2) is 0 Å². The van der Waals surface area contributed by atoms with Crippen LogP contribution >= 0.6 is 0 Å². The molecule has 5 heterocycles. The predicted molar refractivity (Wildman–Crippen MR) is 156 cm³/mol. The van der Waals surface area contributed by atoms with Gasteiger partial charge in [-0.05, 0) is 75.4 Å². The normalized spacial score (nSPS) is 25.2. The van der Waals surface area contributed by atoms with Gasteiger partial charge in [0.1, 0.15) is 18.0 Å². The number of hydrogen-bond acceptors (Lipinski definition) is 9. The number of anilines is 1. The first-order valence-electron chi connectivity index (χ1n) is 14.9. The van der Waals surface area contributed by atoms with Crippen molar-refractivity contribution in [2.24, 2.45) is 0 Å². The lowest BCUT2D eigenvalue weighted by Crippen LogP contribution is -2.55. The van der Waals surface area contributed by atoms with Crippen LogP contribution in [0, 0.1) is 11.3 Å². The first kappa shape index (κ1) is 26.7. The Labute approximate surface area is 245 Å². The molecular weight excluding hydrogens is 532 g/mol. The number of nitriles is 1. The Kier molecular flexibility index (Phi) is 6.73. The Balaban J connectivity index is 1.23. The van der Waals surface area contributed by atoms with Gasteiger partial charge in [-0.1, -0.05) is 12.6 Å². The third-order valence-electron chi connectivity index (χ3n) is 9.65. The van der Waals surface area contributed by atoms with E-state index in [1.54, 1.807) is 4.90 Å². The van der Waals surface area contributed by atoms with Crippen LogP contribution in [-0.4, -0.2) is 87.8 Å². The molecule has 3 aromatic rings. The van der Waals surface area contributed by atoms with E-state index >= 15 is 0 Å². The zero-order chi connectivity index (χ0) is 28.8. The molecule has 0 bridgehead atoms. The minimum Gasteiger partial charge on any atom is -0.466 e. The number of aryl methyl sites for hydroxylation is 1. The zero-order valence-corrected chi connectivity index (χ0v) is 24.0. The third kappa shape index (κ3) is 4.45. The average Bonchev–Trinajstić information content (AvgIpc) is 3.74. The molecule has 2 saturated heterocycles. The van der Waals surface area contributed by atoms with Crippen LogP contribution in [0.3, 0.4) is 0 Å². The molecule has 42 heavy (non-hydrogen) atoms. The van der Waals surface area contributed by atoms with E-state index in [9.17, 15) is 10.1 Å². The number of carbonyl (C=O) groups excluding carboxylic acids is 1. The highest BCUT2D eigenvalue weighted by molar-refractivity contribution is 5.87. The summed E-state index contributed by atoms with van der Waals surface area (Å²) in [6.07, 6.45) is 9.08. The first-order valence-corrected chi connectivity index (χ1v) is 14.9. The summed E-state index contributed by atoms with van der Waals surface area (Å²) in [5.41, 5.74) is 4.05. The molecule has 0 saturated carbocycles. The molecule has 11 nitrogen and oxygen atoms in total. The lowest BCUT2D eigenvalue weighted by atomic mass is 9.86. The number of ether oxygens (including phenoxy) is 2. The average molecular weight is 569 g/mol. The van der Waals surface area contributed by atoms with Crippen molar-refractivity contribution >= 4 is 22.6 Å². The number of aromatic nitrogens is 4. The number of H-pyrrole nitrogens is 1. The highest BCUT2D eigenvalue weighted by atomic mass is 16.5. The molecule has 7 rings (SSSR count). The van der Waals surface area contributed by atoms with Gasteiger partial charge >= 0.3 is 6.01 Å². The molecule has 1 spiro atoms. The van der Waals surface area contributed by atoms with E-state index in [0.29, 0.717) is 44.2 Å². The molecule has 3 atom stereocenters. The van der Waals surface area contributed by atoms with Crippen LogP contribution in [0.1, 0.15) is 48.8 Å². The quantitative estimate of drug-likeness (QED) is 0.447. The Bertz CT molecular complexity index is 1580. The van der Waals surface area contributed by atoms with Crippen LogP contribution in [0.15, 0.2) is 31.0 Å². The van der Waals surface area contributed by atoms with Crippen LogP contribution in [-0.2, 0) is 23.2 Å². The number of nitrogens with one attached hydrogen (secondary N) is 1. The number of fused-ring (bicyclic) bond motifs is 5. The fourth-order valence-corrected chi connectivity index (χ4v) is 7.32. The number of rotatable bonds is 6. The van der Waals surface area contributed by atoms with Crippen molar-refractivity contribution in [3.05, 3.63) is 47.7 Å². The number of aromatic amines is 1. The van der Waals surface area contributed by atoms with Gasteiger partial charge < -0.3 is 24.2 Å². The van der Waals surface area contributed by atoms with E-state index in [-0.39, 0.29) is 18.4 Å². The van der Waals surface area contributed by atoms with Gasteiger partial charge in [0.25, 0.3) is 0 Å². The van der Waals surface area contributed by atoms with E-state index in [1.807, 2.05) is 6.20 Å². The number of piperazine rings is 1. The van der Waals surface area contributed by atoms with E-state index in [1.165, 1.54) is 17.2 Å². The molecule has 1 aliphatic carbocycles. The van der Waals surface area contributed by atoms with Crippen molar-refractivity contribution in [2.75, 3.05) is 44.7 Å². The van der Waals surface area contributed by atoms with Gasteiger partial charge in [-0.3, -0.25) is 9.89 Å². The minimum absolute atomic E-state index is 0.152. The third-order valence-corrected chi connectivity index (χ3v) is 9.65. The molecule has 3 aliphatic heterocycles. The summed E-state index contributed by atoms with van der Waals surface area (Å²) in [7, 11) is 2.13. The minimum atomic E-state index is -0.458. The molecule has 1 aromatic carbocycles. The SMILES string of the molecule is C=CC(=O)N1CCN(c2nc(OC[C@@H]3CCCN3C)nc3c2CCC2(CCc4c2ccc2[nH]ncc42)O3)C[C@@H]1CC#N. The summed E-state index contributed by atoms with van der Waals surface area (Å²) in [6.45, 7) is 6.79. The van der Waals surface area contributed by atoms with E-state index in [4.69, 9.17) is 19.4 Å². The summed E-state index contributed by atoms with van der Waals surface area (Å²) in [5.74, 6) is 1.20. The Morgan fingerprint density at radius 3 is 2.88 bits per heavy atom. The first-order chi connectivity index (χ1) is 20.5. The number of benzene rings is 1.